The Labute approximate surface area is 120 Å². The number of hydrogen-bond donors (Lipinski definition) is 4. The number of nitrogens with one attached hydrogen (secondary N) is 3. The lowest BCUT2D eigenvalue weighted by Crippen LogP contribution is -2.47. The molecule has 1 atom stereocenters. The van der Waals surface area contributed by atoms with Crippen LogP contribution in [-0.2, 0) is 17.8 Å². The van der Waals surface area contributed by atoms with Crippen molar-refractivity contribution < 1.29 is 14.7 Å². The molecular weight excluding hydrogens is 276 g/mol. The number of carbonyl (C=O) groups excluding carboxylic acids is 1. The Bertz CT molecular complexity index is 566. The number of aromatic nitrogens is 4. The predicted octanol–water partition coefficient (Wildman–Crippen LogP) is -0.399. The number of nitrogens with zero attached hydrogens (tertiary/aromatic N) is 3. The smallest absolute Gasteiger partial charge is 0.326 e. The highest BCUT2D eigenvalue weighted by molar-refractivity contribution is 5.82. The van der Waals surface area contributed by atoms with Gasteiger partial charge in [-0.3, -0.25) is 4.68 Å². The van der Waals surface area contributed by atoms with E-state index < -0.39 is 18.0 Å². The second-order valence-electron chi connectivity index (χ2n) is 4.34. The van der Waals surface area contributed by atoms with Gasteiger partial charge in [-0.25, -0.2) is 14.6 Å². The first-order valence-corrected chi connectivity index (χ1v) is 6.37. The van der Waals surface area contributed by atoms with Crippen LogP contribution in [0.15, 0.2) is 31.0 Å². The molecule has 21 heavy (non-hydrogen) atoms. The molecule has 4 N–H and O–H groups in total. The van der Waals surface area contributed by atoms with Crippen LogP contribution in [-0.4, -0.2) is 49.4 Å². The quantitative estimate of drug-likeness (QED) is 0.552. The molecule has 0 fully saturated rings. The molecule has 2 aromatic heterocycles. The van der Waals surface area contributed by atoms with E-state index in [1.165, 1.54) is 12.5 Å². The normalized spacial score (nSPS) is 11.8. The summed E-state index contributed by atoms with van der Waals surface area (Å²) >= 11 is 0. The van der Waals surface area contributed by atoms with E-state index in [0.717, 1.165) is 0 Å². The number of urea groups is 1. The summed E-state index contributed by atoms with van der Waals surface area (Å²) in [5.41, 5.74) is 0.638. The minimum atomic E-state index is -1.10. The number of carbonyl (C=O) groups is 2. The highest BCUT2D eigenvalue weighted by Crippen LogP contribution is 1.98. The number of aromatic amines is 1. The van der Waals surface area contributed by atoms with Crippen LogP contribution in [0.2, 0.25) is 0 Å². The second kappa shape index (κ2) is 7.08. The van der Waals surface area contributed by atoms with Gasteiger partial charge in [-0.1, -0.05) is 0 Å². The molecule has 0 saturated carbocycles. The number of amides is 2. The summed E-state index contributed by atoms with van der Waals surface area (Å²) in [7, 11) is 0. The molecule has 0 aromatic carbocycles. The molecule has 0 spiro atoms. The number of aliphatic carboxylic acids is 1. The van der Waals surface area contributed by atoms with Crippen LogP contribution in [0.3, 0.4) is 0 Å². The Balaban J connectivity index is 1.76. The van der Waals surface area contributed by atoms with Gasteiger partial charge in [0.05, 0.1) is 12.9 Å². The van der Waals surface area contributed by atoms with E-state index in [2.05, 4.69) is 25.7 Å². The Hall–Kier alpha value is -2.84. The van der Waals surface area contributed by atoms with Crippen LogP contribution in [0.5, 0.6) is 0 Å². The second-order valence-corrected chi connectivity index (χ2v) is 4.34. The molecule has 0 aliphatic rings. The number of rotatable bonds is 7. The average Bonchev–Trinajstić information content (AvgIpc) is 3.10. The summed E-state index contributed by atoms with van der Waals surface area (Å²) in [5, 5.41) is 18.1. The van der Waals surface area contributed by atoms with Crippen molar-refractivity contribution in [1.82, 2.24) is 30.4 Å². The van der Waals surface area contributed by atoms with Crippen molar-refractivity contribution in [2.24, 2.45) is 0 Å². The van der Waals surface area contributed by atoms with Gasteiger partial charge in [0.2, 0.25) is 0 Å². The van der Waals surface area contributed by atoms with E-state index >= 15 is 0 Å². The number of hydrogen-bond acceptors (Lipinski definition) is 4. The average molecular weight is 292 g/mol. The summed E-state index contributed by atoms with van der Waals surface area (Å²) in [6.45, 7) is 0.864. The number of imidazole rings is 1. The molecule has 9 heteroatoms. The van der Waals surface area contributed by atoms with E-state index in [-0.39, 0.29) is 6.42 Å². The van der Waals surface area contributed by atoms with Gasteiger partial charge in [0.1, 0.15) is 6.04 Å². The van der Waals surface area contributed by atoms with Crippen molar-refractivity contribution in [3.05, 3.63) is 36.7 Å². The third kappa shape index (κ3) is 4.64. The minimum Gasteiger partial charge on any atom is -0.480 e. The fraction of sp³-hybridized carbons (Fsp3) is 0.333. The number of carboxylic acids is 1. The Morgan fingerprint density at radius 2 is 2.33 bits per heavy atom. The highest BCUT2D eigenvalue weighted by Gasteiger charge is 2.20. The maximum Gasteiger partial charge on any atom is 0.326 e. The number of carboxylic acid groups (broad SMARTS) is 1. The molecule has 112 valence electrons. The van der Waals surface area contributed by atoms with E-state index in [9.17, 15) is 9.59 Å². The van der Waals surface area contributed by atoms with Crippen molar-refractivity contribution in [2.45, 2.75) is 19.0 Å². The highest BCUT2D eigenvalue weighted by atomic mass is 16.4. The van der Waals surface area contributed by atoms with Crippen LogP contribution in [0.4, 0.5) is 4.79 Å². The van der Waals surface area contributed by atoms with Gasteiger partial charge in [-0.05, 0) is 6.07 Å². The standard InChI is InChI=1S/C12H16N6O3/c19-11(20)10(6-9-7-13-8-15-9)17-12(21)14-3-5-18-4-1-2-16-18/h1-2,4,7-8,10H,3,5-6H2,(H,13,15)(H,19,20)(H2,14,17,21)/t10-/m1/s1. The van der Waals surface area contributed by atoms with Crippen molar-refractivity contribution in [3.63, 3.8) is 0 Å². The van der Waals surface area contributed by atoms with Crippen molar-refractivity contribution in [2.75, 3.05) is 6.54 Å². The molecule has 0 bridgehead atoms. The first-order chi connectivity index (χ1) is 10.1. The maximum absolute atomic E-state index is 11.7. The third-order valence-electron chi connectivity index (χ3n) is 2.77. The third-order valence-corrected chi connectivity index (χ3v) is 2.77. The summed E-state index contributed by atoms with van der Waals surface area (Å²) in [5.74, 6) is -1.10. The van der Waals surface area contributed by atoms with Crippen LogP contribution in [0, 0.1) is 0 Å². The van der Waals surface area contributed by atoms with Gasteiger partial charge in [0, 0.05) is 37.3 Å². The van der Waals surface area contributed by atoms with Crippen molar-refractivity contribution >= 4 is 12.0 Å². The Morgan fingerprint density at radius 3 is 2.95 bits per heavy atom. The van der Waals surface area contributed by atoms with Crippen molar-refractivity contribution in [1.29, 1.82) is 0 Å². The summed E-state index contributed by atoms with van der Waals surface area (Å²) < 4.78 is 1.67. The van der Waals surface area contributed by atoms with Gasteiger partial charge in [0.15, 0.2) is 0 Å². The van der Waals surface area contributed by atoms with E-state index in [0.29, 0.717) is 18.8 Å². The molecule has 0 aliphatic carbocycles. The van der Waals surface area contributed by atoms with E-state index in [1.807, 2.05) is 0 Å². The van der Waals surface area contributed by atoms with Crippen LogP contribution >= 0.6 is 0 Å². The lowest BCUT2D eigenvalue weighted by Gasteiger charge is -2.14. The van der Waals surface area contributed by atoms with Crippen LogP contribution in [0.25, 0.3) is 0 Å². The van der Waals surface area contributed by atoms with Gasteiger partial charge in [-0.2, -0.15) is 5.10 Å². The first-order valence-electron chi connectivity index (χ1n) is 6.37. The minimum absolute atomic E-state index is 0.141. The Kier molecular flexibility index (Phi) is 4.91. The molecule has 9 nitrogen and oxygen atoms in total. The SMILES string of the molecule is O=C(NCCn1cccn1)N[C@H](Cc1cnc[nH]1)C(=O)O. The lowest BCUT2D eigenvalue weighted by molar-refractivity contribution is -0.139. The van der Waals surface area contributed by atoms with Crippen LogP contribution < -0.4 is 10.6 Å². The molecule has 0 unspecified atom stereocenters. The van der Waals surface area contributed by atoms with E-state index in [1.54, 1.807) is 23.1 Å². The maximum atomic E-state index is 11.7. The topological polar surface area (TPSA) is 125 Å². The monoisotopic (exact) mass is 292 g/mol. The largest absolute Gasteiger partial charge is 0.480 e. The molecule has 0 aliphatic heterocycles. The number of H-pyrrole nitrogens is 1. The zero-order valence-corrected chi connectivity index (χ0v) is 11.2. The van der Waals surface area contributed by atoms with Gasteiger partial charge >= 0.3 is 12.0 Å². The molecule has 0 saturated heterocycles. The molecule has 2 amide bonds. The van der Waals surface area contributed by atoms with Crippen molar-refractivity contribution in [3.8, 4) is 0 Å². The fourth-order valence-corrected chi connectivity index (χ4v) is 1.74. The van der Waals surface area contributed by atoms with Gasteiger partial charge in [0.25, 0.3) is 0 Å². The first kappa shape index (κ1) is 14.6. The Morgan fingerprint density at radius 1 is 1.48 bits per heavy atom. The molecule has 0 radical (unpaired) electrons. The fourth-order valence-electron chi connectivity index (χ4n) is 1.74. The molecule has 2 rings (SSSR count). The predicted molar refractivity (Wildman–Crippen MR) is 72.5 cm³/mol. The van der Waals surface area contributed by atoms with Gasteiger partial charge in [-0.15, -0.1) is 0 Å². The zero-order valence-electron chi connectivity index (χ0n) is 11.2. The molecular formula is C12H16N6O3. The van der Waals surface area contributed by atoms with Gasteiger partial charge < -0.3 is 20.7 Å². The molecule has 2 heterocycles. The molecule has 2 aromatic rings. The summed E-state index contributed by atoms with van der Waals surface area (Å²) in [6, 6.07) is 0.231. The lowest BCUT2D eigenvalue weighted by atomic mass is 10.2. The summed E-state index contributed by atoms with van der Waals surface area (Å²) in [4.78, 5) is 29.4. The zero-order chi connectivity index (χ0) is 15.1. The summed E-state index contributed by atoms with van der Waals surface area (Å²) in [6.07, 6.45) is 6.54. The van der Waals surface area contributed by atoms with E-state index in [4.69, 9.17) is 5.11 Å². The van der Waals surface area contributed by atoms with Crippen LogP contribution in [0.1, 0.15) is 5.69 Å².